The molecule has 4 rings (SSSR count). The van der Waals surface area contributed by atoms with Gasteiger partial charge in [0.05, 0.1) is 21.8 Å². The summed E-state index contributed by atoms with van der Waals surface area (Å²) in [7, 11) is 0. The van der Waals surface area contributed by atoms with E-state index >= 15 is 0 Å². The number of pyridine rings is 1. The van der Waals surface area contributed by atoms with Crippen molar-refractivity contribution in [1.29, 1.82) is 0 Å². The molecule has 144 valence electrons. The number of ether oxygens (including phenoxy) is 2. The predicted molar refractivity (Wildman–Crippen MR) is 108 cm³/mol. The van der Waals surface area contributed by atoms with Crippen molar-refractivity contribution in [1.82, 2.24) is 9.97 Å². The maximum Gasteiger partial charge on any atom is 0.374 e. The summed E-state index contributed by atoms with van der Waals surface area (Å²) in [6.07, 6.45) is 0.860. The Morgan fingerprint density at radius 2 is 2.07 bits per heavy atom. The third-order valence-electron chi connectivity index (χ3n) is 4.19. The van der Waals surface area contributed by atoms with E-state index < -0.39 is 5.97 Å². The van der Waals surface area contributed by atoms with E-state index in [4.69, 9.17) is 19.6 Å². The molecule has 2 N–H and O–H groups in total. The molecule has 0 bridgehead atoms. The summed E-state index contributed by atoms with van der Waals surface area (Å²) in [5.41, 5.74) is 7.60. The van der Waals surface area contributed by atoms with Gasteiger partial charge in [-0.25, -0.2) is 14.8 Å². The molecule has 3 aromatic heterocycles. The van der Waals surface area contributed by atoms with E-state index in [0.29, 0.717) is 23.9 Å². The summed E-state index contributed by atoms with van der Waals surface area (Å²) in [4.78, 5) is 20.7. The third kappa shape index (κ3) is 3.38. The predicted octanol–water partition coefficient (Wildman–Crippen LogP) is 4.34. The van der Waals surface area contributed by atoms with Crippen molar-refractivity contribution < 1.29 is 18.7 Å². The molecule has 7 nitrogen and oxygen atoms in total. The Morgan fingerprint density at radius 1 is 1.21 bits per heavy atom. The standard InChI is InChI=1S/C20H19N3O4S/c1-3-16-23-17-18(28-16)13-7-5-11(9-14(13)22-19(17)21)26-10-12-6-8-15(27-12)20(24)25-4-2/h5-9H,3-4,10H2,1-2H3,(H2,21,22). The highest BCUT2D eigenvalue weighted by atomic mass is 32.1. The Balaban J connectivity index is 1.56. The largest absolute Gasteiger partial charge is 0.486 e. The van der Waals surface area contributed by atoms with Crippen molar-refractivity contribution in [3.05, 3.63) is 46.9 Å². The number of fused-ring (bicyclic) bond motifs is 3. The SMILES string of the molecule is CCOC(=O)c1ccc(COc2ccc3c(c2)nc(N)c2nc(CC)sc23)o1. The first kappa shape index (κ1) is 18.2. The van der Waals surface area contributed by atoms with Crippen LogP contribution in [0.5, 0.6) is 5.75 Å². The first-order chi connectivity index (χ1) is 13.6. The molecule has 3 heterocycles. The van der Waals surface area contributed by atoms with Crippen LogP contribution < -0.4 is 10.5 Å². The van der Waals surface area contributed by atoms with E-state index in [0.717, 1.165) is 32.5 Å². The molecule has 0 aliphatic heterocycles. The molecule has 0 aliphatic carbocycles. The lowest BCUT2D eigenvalue weighted by molar-refractivity contribution is 0.0486. The first-order valence-corrected chi connectivity index (χ1v) is 9.78. The normalized spacial score (nSPS) is 11.2. The minimum atomic E-state index is -0.487. The van der Waals surface area contributed by atoms with Crippen molar-refractivity contribution in [2.45, 2.75) is 26.9 Å². The van der Waals surface area contributed by atoms with Gasteiger partial charge in [-0.3, -0.25) is 0 Å². The molecule has 0 amide bonds. The zero-order valence-electron chi connectivity index (χ0n) is 15.5. The molecule has 28 heavy (non-hydrogen) atoms. The number of benzene rings is 1. The molecule has 4 aromatic rings. The Labute approximate surface area is 165 Å². The van der Waals surface area contributed by atoms with Gasteiger partial charge in [0.1, 0.15) is 23.6 Å². The number of nitrogen functional groups attached to an aromatic ring is 1. The molecular weight excluding hydrogens is 378 g/mol. The molecule has 0 radical (unpaired) electrons. The Hall–Kier alpha value is -3.13. The van der Waals surface area contributed by atoms with E-state index in [2.05, 4.69) is 16.9 Å². The van der Waals surface area contributed by atoms with Gasteiger partial charge in [0, 0.05) is 11.5 Å². The maximum absolute atomic E-state index is 11.7. The van der Waals surface area contributed by atoms with Gasteiger partial charge in [0.25, 0.3) is 0 Å². The van der Waals surface area contributed by atoms with Crippen molar-refractivity contribution in [2.75, 3.05) is 12.3 Å². The lowest BCUT2D eigenvalue weighted by Crippen LogP contribution is -2.02. The summed E-state index contributed by atoms with van der Waals surface area (Å²) < 4.78 is 17.2. The molecule has 0 aliphatic rings. The van der Waals surface area contributed by atoms with E-state index in [-0.39, 0.29) is 12.4 Å². The number of nitrogens with two attached hydrogens (primary N) is 1. The number of aryl methyl sites for hydroxylation is 1. The van der Waals surface area contributed by atoms with Crippen molar-refractivity contribution in [3.63, 3.8) is 0 Å². The van der Waals surface area contributed by atoms with Crippen LogP contribution in [0.4, 0.5) is 5.82 Å². The summed E-state index contributed by atoms with van der Waals surface area (Å²) in [5, 5.41) is 2.03. The second kappa shape index (κ2) is 7.47. The fourth-order valence-electron chi connectivity index (χ4n) is 2.86. The number of anilines is 1. The second-order valence-electron chi connectivity index (χ2n) is 6.09. The quantitative estimate of drug-likeness (QED) is 0.483. The Kier molecular flexibility index (Phi) is 4.87. The van der Waals surface area contributed by atoms with Crippen LogP contribution in [0.3, 0.4) is 0 Å². The molecule has 8 heteroatoms. The topological polar surface area (TPSA) is 100 Å². The monoisotopic (exact) mass is 397 g/mol. The van der Waals surface area contributed by atoms with Crippen LogP contribution in [0.25, 0.3) is 21.1 Å². The van der Waals surface area contributed by atoms with Crippen molar-refractivity contribution in [2.24, 2.45) is 0 Å². The average Bonchev–Trinajstić information content (AvgIpc) is 3.34. The summed E-state index contributed by atoms with van der Waals surface area (Å²) in [5.74, 6) is 1.25. The number of hydrogen-bond acceptors (Lipinski definition) is 8. The third-order valence-corrected chi connectivity index (χ3v) is 5.42. The number of esters is 1. The van der Waals surface area contributed by atoms with Gasteiger partial charge in [-0.15, -0.1) is 11.3 Å². The van der Waals surface area contributed by atoms with Gasteiger partial charge < -0.3 is 19.6 Å². The van der Waals surface area contributed by atoms with Crippen LogP contribution >= 0.6 is 11.3 Å². The molecule has 0 unspecified atom stereocenters. The zero-order chi connectivity index (χ0) is 19.7. The molecular formula is C20H19N3O4S. The highest BCUT2D eigenvalue weighted by Gasteiger charge is 2.14. The minimum Gasteiger partial charge on any atom is -0.486 e. The number of rotatable bonds is 6. The lowest BCUT2D eigenvalue weighted by atomic mass is 10.2. The van der Waals surface area contributed by atoms with Crippen LogP contribution in [0.1, 0.15) is 35.2 Å². The van der Waals surface area contributed by atoms with Crippen LogP contribution in [0.2, 0.25) is 0 Å². The van der Waals surface area contributed by atoms with Crippen LogP contribution in [0, 0.1) is 0 Å². The number of carbonyl (C=O) groups excluding carboxylic acids is 1. The molecule has 1 aromatic carbocycles. The number of thiazole rings is 1. The smallest absolute Gasteiger partial charge is 0.374 e. The molecule has 0 saturated carbocycles. The lowest BCUT2D eigenvalue weighted by Gasteiger charge is -2.07. The fourth-order valence-corrected chi connectivity index (χ4v) is 3.91. The highest BCUT2D eigenvalue weighted by Crippen LogP contribution is 2.34. The summed E-state index contributed by atoms with van der Waals surface area (Å²) in [6, 6.07) is 8.94. The number of furan rings is 1. The van der Waals surface area contributed by atoms with E-state index in [1.165, 1.54) is 0 Å². The van der Waals surface area contributed by atoms with Gasteiger partial charge in [-0.1, -0.05) is 6.92 Å². The van der Waals surface area contributed by atoms with Gasteiger partial charge in [0.15, 0.2) is 5.82 Å². The fraction of sp³-hybridized carbons (Fsp3) is 0.250. The minimum absolute atomic E-state index is 0.160. The Morgan fingerprint density at radius 3 is 2.86 bits per heavy atom. The Bertz CT molecular complexity index is 1170. The first-order valence-electron chi connectivity index (χ1n) is 8.96. The maximum atomic E-state index is 11.7. The van der Waals surface area contributed by atoms with Gasteiger partial charge in [0.2, 0.25) is 5.76 Å². The van der Waals surface area contributed by atoms with Crippen LogP contribution in [-0.2, 0) is 17.8 Å². The van der Waals surface area contributed by atoms with Gasteiger partial charge >= 0.3 is 5.97 Å². The van der Waals surface area contributed by atoms with Gasteiger partial charge in [-0.2, -0.15) is 0 Å². The average molecular weight is 397 g/mol. The van der Waals surface area contributed by atoms with E-state index in [1.807, 2.05) is 18.2 Å². The van der Waals surface area contributed by atoms with Gasteiger partial charge in [-0.05, 0) is 37.6 Å². The number of nitrogens with zero attached hydrogens (tertiary/aromatic N) is 2. The highest BCUT2D eigenvalue weighted by molar-refractivity contribution is 7.19. The van der Waals surface area contributed by atoms with Crippen molar-refractivity contribution in [3.8, 4) is 5.75 Å². The number of hydrogen-bond donors (Lipinski definition) is 1. The molecule has 0 fully saturated rings. The van der Waals surface area contributed by atoms with Crippen LogP contribution in [0.15, 0.2) is 34.7 Å². The van der Waals surface area contributed by atoms with Crippen molar-refractivity contribution >= 4 is 44.2 Å². The summed E-state index contributed by atoms with van der Waals surface area (Å²) in [6.45, 7) is 4.29. The van der Waals surface area contributed by atoms with E-state index in [9.17, 15) is 4.79 Å². The van der Waals surface area contributed by atoms with Crippen LogP contribution in [-0.4, -0.2) is 22.5 Å². The number of carbonyl (C=O) groups is 1. The molecule has 0 saturated heterocycles. The second-order valence-corrected chi connectivity index (χ2v) is 7.17. The zero-order valence-corrected chi connectivity index (χ0v) is 16.3. The molecule has 0 atom stereocenters. The summed E-state index contributed by atoms with van der Waals surface area (Å²) >= 11 is 1.64. The number of aromatic nitrogens is 2. The van der Waals surface area contributed by atoms with E-state index in [1.54, 1.807) is 30.4 Å². The molecule has 0 spiro atoms.